The number of nitro groups is 1. The topological polar surface area (TPSA) is 108 Å². The van der Waals surface area contributed by atoms with E-state index in [0.29, 0.717) is 17.2 Å². The predicted octanol–water partition coefficient (Wildman–Crippen LogP) is 2.83. The van der Waals surface area contributed by atoms with Gasteiger partial charge in [-0.3, -0.25) is 4.79 Å². The minimum absolute atomic E-state index is 0.183. The molecule has 0 fully saturated rings. The number of rotatable bonds is 5. The number of carbonyl (C=O) groups is 1. The van der Waals surface area contributed by atoms with E-state index in [1.165, 1.54) is 35.1 Å². The van der Waals surface area contributed by atoms with Gasteiger partial charge in [0.2, 0.25) is 5.91 Å². The Kier molecular flexibility index (Phi) is 4.80. The number of halogens is 2. The molecule has 11 heteroatoms. The van der Waals surface area contributed by atoms with E-state index in [1.807, 2.05) is 0 Å². The standard InChI is InChI=1S/C15H12BrFN6O3/c1-9-6-13(22(19-9)11-4-2-10(17)3-5-11)18-14(24)8-21-7-12(16)15(20-21)23(25)26/h2-7H,8H2,1H3,(H,18,24). The van der Waals surface area contributed by atoms with Crippen LogP contribution in [-0.4, -0.2) is 30.4 Å². The zero-order valence-electron chi connectivity index (χ0n) is 13.4. The number of anilines is 1. The van der Waals surface area contributed by atoms with Gasteiger partial charge in [0.15, 0.2) is 0 Å². The van der Waals surface area contributed by atoms with Crippen LogP contribution in [0.25, 0.3) is 5.69 Å². The van der Waals surface area contributed by atoms with Gasteiger partial charge >= 0.3 is 5.82 Å². The molecule has 134 valence electrons. The molecule has 0 unspecified atom stereocenters. The summed E-state index contributed by atoms with van der Waals surface area (Å²) in [4.78, 5) is 22.4. The van der Waals surface area contributed by atoms with Crippen LogP contribution in [0, 0.1) is 22.9 Å². The first kappa shape index (κ1) is 17.7. The van der Waals surface area contributed by atoms with Gasteiger partial charge in [-0.2, -0.15) is 9.78 Å². The summed E-state index contributed by atoms with van der Waals surface area (Å²) in [7, 11) is 0. The Hall–Kier alpha value is -3.08. The Morgan fingerprint density at radius 2 is 2.04 bits per heavy atom. The fraction of sp³-hybridized carbons (Fsp3) is 0.133. The quantitative estimate of drug-likeness (QED) is 0.502. The monoisotopic (exact) mass is 422 g/mol. The zero-order chi connectivity index (χ0) is 18.8. The second kappa shape index (κ2) is 7.04. The first-order chi connectivity index (χ1) is 12.3. The molecule has 0 radical (unpaired) electrons. The van der Waals surface area contributed by atoms with Crippen LogP contribution in [0.4, 0.5) is 16.0 Å². The minimum Gasteiger partial charge on any atom is -0.358 e. The van der Waals surface area contributed by atoms with Crippen LogP contribution < -0.4 is 5.32 Å². The Balaban J connectivity index is 1.79. The van der Waals surface area contributed by atoms with E-state index < -0.39 is 10.8 Å². The highest BCUT2D eigenvalue weighted by molar-refractivity contribution is 9.10. The van der Waals surface area contributed by atoms with Gasteiger partial charge in [-0.25, -0.2) is 9.07 Å². The summed E-state index contributed by atoms with van der Waals surface area (Å²) in [5.74, 6) is -0.808. The molecule has 0 saturated carbocycles. The highest BCUT2D eigenvalue weighted by Crippen LogP contribution is 2.22. The van der Waals surface area contributed by atoms with Gasteiger partial charge in [0.1, 0.15) is 22.7 Å². The number of aromatic nitrogens is 4. The molecular formula is C15H12BrFN6O3. The van der Waals surface area contributed by atoms with E-state index in [2.05, 4.69) is 31.4 Å². The Morgan fingerprint density at radius 3 is 2.65 bits per heavy atom. The van der Waals surface area contributed by atoms with Crippen molar-refractivity contribution in [2.24, 2.45) is 0 Å². The van der Waals surface area contributed by atoms with E-state index in [-0.39, 0.29) is 22.7 Å². The van der Waals surface area contributed by atoms with Crippen LogP contribution in [0.15, 0.2) is 41.0 Å². The fourth-order valence-corrected chi connectivity index (χ4v) is 2.75. The summed E-state index contributed by atoms with van der Waals surface area (Å²) in [6.07, 6.45) is 1.35. The molecule has 1 amide bonds. The molecule has 0 aliphatic carbocycles. The van der Waals surface area contributed by atoms with E-state index >= 15 is 0 Å². The average Bonchev–Trinajstić information content (AvgIpc) is 3.10. The number of amides is 1. The molecule has 0 atom stereocenters. The molecule has 1 aromatic carbocycles. The molecule has 26 heavy (non-hydrogen) atoms. The lowest BCUT2D eigenvalue weighted by Gasteiger charge is -2.08. The summed E-state index contributed by atoms with van der Waals surface area (Å²) in [5, 5.41) is 21.5. The van der Waals surface area contributed by atoms with Crippen LogP contribution in [0.1, 0.15) is 5.69 Å². The number of carbonyl (C=O) groups excluding carboxylic acids is 1. The van der Waals surface area contributed by atoms with Gasteiger partial charge in [-0.15, -0.1) is 0 Å². The zero-order valence-corrected chi connectivity index (χ0v) is 15.0. The van der Waals surface area contributed by atoms with Gasteiger partial charge in [0.05, 0.1) is 22.7 Å². The second-order valence-corrected chi connectivity index (χ2v) is 6.22. The van der Waals surface area contributed by atoms with Gasteiger partial charge in [-0.1, -0.05) is 0 Å². The Labute approximate surface area is 154 Å². The highest BCUT2D eigenvalue weighted by atomic mass is 79.9. The second-order valence-electron chi connectivity index (χ2n) is 5.36. The molecule has 1 N–H and O–H groups in total. The molecule has 3 rings (SSSR count). The summed E-state index contributed by atoms with van der Waals surface area (Å²) in [6.45, 7) is 1.53. The summed E-state index contributed by atoms with van der Waals surface area (Å²) < 4.78 is 15.9. The number of aryl methyl sites for hydroxylation is 1. The number of hydrogen-bond acceptors (Lipinski definition) is 5. The first-order valence-electron chi connectivity index (χ1n) is 7.33. The summed E-state index contributed by atoms with van der Waals surface area (Å²) >= 11 is 3.02. The smallest absolute Gasteiger partial charge is 0.358 e. The third-order valence-electron chi connectivity index (χ3n) is 3.35. The third kappa shape index (κ3) is 3.77. The highest BCUT2D eigenvalue weighted by Gasteiger charge is 2.20. The van der Waals surface area contributed by atoms with Crippen molar-refractivity contribution in [3.05, 3.63) is 62.6 Å². The Morgan fingerprint density at radius 1 is 1.35 bits per heavy atom. The lowest BCUT2D eigenvalue weighted by Crippen LogP contribution is -2.21. The van der Waals surface area contributed by atoms with Crippen molar-refractivity contribution >= 4 is 33.5 Å². The van der Waals surface area contributed by atoms with Crippen LogP contribution in [-0.2, 0) is 11.3 Å². The molecule has 2 heterocycles. The molecule has 3 aromatic rings. The van der Waals surface area contributed by atoms with Crippen LogP contribution in [0.2, 0.25) is 0 Å². The maximum Gasteiger partial charge on any atom is 0.404 e. The minimum atomic E-state index is -0.647. The molecule has 2 aromatic heterocycles. The van der Waals surface area contributed by atoms with Crippen molar-refractivity contribution in [3.63, 3.8) is 0 Å². The normalized spacial score (nSPS) is 10.7. The van der Waals surface area contributed by atoms with E-state index in [4.69, 9.17) is 0 Å². The van der Waals surface area contributed by atoms with Crippen molar-refractivity contribution in [2.45, 2.75) is 13.5 Å². The lowest BCUT2D eigenvalue weighted by molar-refractivity contribution is -0.390. The molecule has 0 saturated heterocycles. The van der Waals surface area contributed by atoms with Crippen molar-refractivity contribution in [3.8, 4) is 5.69 Å². The molecule has 0 aliphatic rings. The lowest BCUT2D eigenvalue weighted by atomic mass is 10.3. The van der Waals surface area contributed by atoms with Crippen LogP contribution in [0.5, 0.6) is 0 Å². The largest absolute Gasteiger partial charge is 0.404 e. The number of hydrogen-bond donors (Lipinski definition) is 1. The molecular weight excluding hydrogens is 411 g/mol. The fourth-order valence-electron chi connectivity index (χ4n) is 2.29. The van der Waals surface area contributed by atoms with Gasteiger partial charge in [0, 0.05) is 6.07 Å². The SMILES string of the molecule is Cc1cc(NC(=O)Cn2cc(Br)c([N+](=O)[O-])n2)n(-c2ccc(F)cc2)n1. The molecule has 0 aliphatic heterocycles. The summed E-state index contributed by atoms with van der Waals surface area (Å²) in [6, 6.07) is 7.30. The molecule has 9 nitrogen and oxygen atoms in total. The molecule has 0 bridgehead atoms. The van der Waals surface area contributed by atoms with Crippen molar-refractivity contribution in [1.82, 2.24) is 19.6 Å². The summed E-state index contributed by atoms with van der Waals surface area (Å²) in [5.41, 5.74) is 1.23. The van der Waals surface area contributed by atoms with Crippen molar-refractivity contribution in [1.29, 1.82) is 0 Å². The van der Waals surface area contributed by atoms with E-state index in [9.17, 15) is 19.3 Å². The number of nitrogens with zero attached hydrogens (tertiary/aromatic N) is 5. The van der Waals surface area contributed by atoms with E-state index in [1.54, 1.807) is 13.0 Å². The third-order valence-corrected chi connectivity index (χ3v) is 3.91. The molecule has 0 spiro atoms. The maximum absolute atomic E-state index is 13.1. The van der Waals surface area contributed by atoms with Crippen molar-refractivity contribution < 1.29 is 14.1 Å². The first-order valence-corrected chi connectivity index (χ1v) is 8.12. The van der Waals surface area contributed by atoms with Gasteiger partial charge < -0.3 is 15.4 Å². The Bertz CT molecular complexity index is 982. The van der Waals surface area contributed by atoms with Gasteiger partial charge in [0.25, 0.3) is 0 Å². The van der Waals surface area contributed by atoms with Crippen molar-refractivity contribution in [2.75, 3.05) is 5.32 Å². The predicted molar refractivity (Wildman–Crippen MR) is 93.5 cm³/mol. The maximum atomic E-state index is 13.1. The van der Waals surface area contributed by atoms with Crippen LogP contribution >= 0.6 is 15.9 Å². The number of nitrogens with one attached hydrogen (secondary N) is 1. The number of benzene rings is 1. The van der Waals surface area contributed by atoms with Crippen LogP contribution in [0.3, 0.4) is 0 Å². The van der Waals surface area contributed by atoms with Gasteiger partial charge in [-0.05, 0) is 52.0 Å². The van der Waals surface area contributed by atoms with E-state index in [0.717, 1.165) is 4.68 Å². The average molecular weight is 423 g/mol.